The molecule has 0 unspecified atom stereocenters. The summed E-state index contributed by atoms with van der Waals surface area (Å²) in [6, 6.07) is 13.3. The number of nitrogens with one attached hydrogen (secondary N) is 1. The van der Waals surface area contributed by atoms with Gasteiger partial charge in [0.25, 0.3) is 0 Å². The number of rotatable bonds is 1. The Labute approximate surface area is 101 Å². The summed E-state index contributed by atoms with van der Waals surface area (Å²) in [6.45, 7) is 6.58. The number of aromatic amines is 1. The van der Waals surface area contributed by atoms with Gasteiger partial charge in [-0.25, -0.2) is 0 Å². The van der Waals surface area contributed by atoms with Crippen LogP contribution in [0.5, 0.6) is 0 Å². The van der Waals surface area contributed by atoms with Crippen LogP contribution in [-0.4, -0.2) is 4.98 Å². The first-order valence-corrected chi connectivity index (χ1v) is 6.17. The highest BCUT2D eigenvalue weighted by Gasteiger charge is 2.07. The van der Waals surface area contributed by atoms with E-state index in [2.05, 4.69) is 62.2 Å². The fourth-order valence-electron chi connectivity index (χ4n) is 2.38. The van der Waals surface area contributed by atoms with E-state index < -0.39 is 0 Å². The highest BCUT2D eigenvalue weighted by atomic mass is 14.7. The van der Waals surface area contributed by atoms with Gasteiger partial charge in [-0.05, 0) is 24.3 Å². The van der Waals surface area contributed by atoms with Crippen molar-refractivity contribution >= 4 is 21.7 Å². The predicted octanol–water partition coefficient (Wildman–Crippen LogP) is 4.75. The quantitative estimate of drug-likeness (QED) is 0.612. The molecule has 1 nitrogen and oxygen atoms in total. The summed E-state index contributed by atoms with van der Waals surface area (Å²) in [5.74, 6) is 0.544. The van der Waals surface area contributed by atoms with E-state index in [0.717, 1.165) is 0 Å². The van der Waals surface area contributed by atoms with Gasteiger partial charge in [0.2, 0.25) is 0 Å². The van der Waals surface area contributed by atoms with Gasteiger partial charge >= 0.3 is 0 Å². The van der Waals surface area contributed by atoms with E-state index >= 15 is 0 Å². The number of fused-ring (bicyclic) bond motifs is 3. The van der Waals surface area contributed by atoms with Crippen LogP contribution in [0, 0.1) is 6.92 Å². The number of benzene rings is 2. The van der Waals surface area contributed by atoms with E-state index in [1.807, 2.05) is 0 Å². The predicted molar refractivity (Wildman–Crippen MR) is 74.6 cm³/mol. The second kappa shape index (κ2) is 3.63. The van der Waals surface area contributed by atoms with Gasteiger partial charge in [0.15, 0.2) is 0 Å². The molecular formula is C16H17N. The minimum atomic E-state index is 0.544. The summed E-state index contributed by atoms with van der Waals surface area (Å²) >= 11 is 0. The van der Waals surface area contributed by atoms with E-state index in [4.69, 9.17) is 0 Å². The van der Waals surface area contributed by atoms with Crippen LogP contribution in [0.1, 0.15) is 31.0 Å². The van der Waals surface area contributed by atoms with Gasteiger partial charge < -0.3 is 4.98 Å². The van der Waals surface area contributed by atoms with E-state index in [1.165, 1.54) is 32.9 Å². The summed E-state index contributed by atoms with van der Waals surface area (Å²) in [7, 11) is 0. The molecule has 3 aromatic rings. The normalized spacial score (nSPS) is 11.8. The minimum Gasteiger partial charge on any atom is -0.358 e. The molecule has 17 heavy (non-hydrogen) atoms. The van der Waals surface area contributed by atoms with Crippen LogP contribution in [0.4, 0.5) is 0 Å². The van der Waals surface area contributed by atoms with Crippen molar-refractivity contribution in [2.75, 3.05) is 0 Å². The third kappa shape index (κ3) is 1.62. The fraction of sp³-hybridized carbons (Fsp3) is 0.250. The van der Waals surface area contributed by atoms with Crippen molar-refractivity contribution in [3.8, 4) is 0 Å². The van der Waals surface area contributed by atoms with Gasteiger partial charge in [-0.3, -0.25) is 0 Å². The summed E-state index contributed by atoms with van der Waals surface area (Å²) < 4.78 is 0. The van der Waals surface area contributed by atoms with Crippen molar-refractivity contribution in [2.45, 2.75) is 26.7 Å². The molecule has 1 N–H and O–H groups in total. The maximum Gasteiger partial charge on any atom is 0.0535 e. The molecular weight excluding hydrogens is 206 g/mol. The molecule has 0 saturated carbocycles. The lowest BCUT2D eigenvalue weighted by Crippen LogP contribution is -1.85. The molecule has 2 aromatic carbocycles. The summed E-state index contributed by atoms with van der Waals surface area (Å²) in [5, 5.41) is 3.94. The molecule has 0 spiro atoms. The Morgan fingerprint density at radius 3 is 2.47 bits per heavy atom. The molecule has 1 heterocycles. The van der Waals surface area contributed by atoms with Crippen molar-refractivity contribution in [3.05, 3.63) is 47.7 Å². The first-order valence-electron chi connectivity index (χ1n) is 6.17. The summed E-state index contributed by atoms with van der Waals surface area (Å²) in [6.07, 6.45) is 0. The third-order valence-electron chi connectivity index (χ3n) is 3.41. The van der Waals surface area contributed by atoms with Crippen molar-refractivity contribution in [3.63, 3.8) is 0 Å². The summed E-state index contributed by atoms with van der Waals surface area (Å²) in [5.41, 5.74) is 3.90. The molecule has 3 rings (SSSR count). The van der Waals surface area contributed by atoms with E-state index in [-0.39, 0.29) is 0 Å². The Morgan fingerprint density at radius 2 is 1.71 bits per heavy atom. The van der Waals surface area contributed by atoms with E-state index in [9.17, 15) is 0 Å². The topological polar surface area (TPSA) is 15.8 Å². The van der Waals surface area contributed by atoms with Crippen LogP contribution in [0.15, 0.2) is 36.4 Å². The zero-order chi connectivity index (χ0) is 12.0. The smallest absolute Gasteiger partial charge is 0.0535 e. The van der Waals surface area contributed by atoms with Gasteiger partial charge in [-0.15, -0.1) is 0 Å². The zero-order valence-corrected chi connectivity index (χ0v) is 10.5. The Hall–Kier alpha value is -1.76. The Morgan fingerprint density at radius 1 is 0.941 bits per heavy atom. The van der Waals surface area contributed by atoms with Crippen LogP contribution in [0.25, 0.3) is 21.7 Å². The molecule has 0 aliphatic rings. The number of H-pyrrole nitrogens is 1. The van der Waals surface area contributed by atoms with Gasteiger partial charge in [0.1, 0.15) is 0 Å². The minimum absolute atomic E-state index is 0.544. The van der Waals surface area contributed by atoms with Gasteiger partial charge in [-0.2, -0.15) is 0 Å². The SMILES string of the molecule is Cc1ccc2c(ccc3cc(C(C)C)[nH]c32)c1. The molecule has 0 fully saturated rings. The van der Waals surface area contributed by atoms with Crippen LogP contribution in [-0.2, 0) is 0 Å². The second-order valence-corrected chi connectivity index (χ2v) is 5.13. The first kappa shape index (κ1) is 10.4. The molecule has 1 heteroatoms. The maximum absolute atomic E-state index is 3.56. The lowest BCUT2D eigenvalue weighted by molar-refractivity contribution is 0.837. The van der Waals surface area contributed by atoms with Crippen LogP contribution in [0.2, 0.25) is 0 Å². The fourth-order valence-corrected chi connectivity index (χ4v) is 2.38. The zero-order valence-electron chi connectivity index (χ0n) is 10.5. The number of aryl methyl sites for hydroxylation is 1. The molecule has 86 valence electrons. The highest BCUT2D eigenvalue weighted by molar-refractivity contribution is 6.06. The number of hydrogen-bond donors (Lipinski definition) is 1. The van der Waals surface area contributed by atoms with Crippen molar-refractivity contribution in [2.24, 2.45) is 0 Å². The molecule has 0 amide bonds. The molecule has 0 bridgehead atoms. The number of aromatic nitrogens is 1. The van der Waals surface area contributed by atoms with Crippen LogP contribution < -0.4 is 0 Å². The Bertz CT molecular complexity index is 689. The highest BCUT2D eigenvalue weighted by Crippen LogP contribution is 2.28. The molecule has 0 saturated heterocycles. The Kier molecular flexibility index (Phi) is 2.22. The lowest BCUT2D eigenvalue weighted by Gasteiger charge is -2.01. The van der Waals surface area contributed by atoms with E-state index in [0.29, 0.717) is 5.92 Å². The monoisotopic (exact) mass is 223 g/mol. The van der Waals surface area contributed by atoms with E-state index in [1.54, 1.807) is 0 Å². The molecule has 0 aliphatic heterocycles. The van der Waals surface area contributed by atoms with Crippen LogP contribution >= 0.6 is 0 Å². The maximum atomic E-state index is 3.56. The van der Waals surface area contributed by atoms with Crippen molar-refractivity contribution in [1.29, 1.82) is 0 Å². The number of hydrogen-bond acceptors (Lipinski definition) is 0. The van der Waals surface area contributed by atoms with Crippen molar-refractivity contribution < 1.29 is 0 Å². The molecule has 0 radical (unpaired) electrons. The largest absolute Gasteiger partial charge is 0.358 e. The first-order chi connectivity index (χ1) is 8.15. The summed E-state index contributed by atoms with van der Waals surface area (Å²) in [4.78, 5) is 3.56. The molecule has 0 atom stereocenters. The lowest BCUT2D eigenvalue weighted by atomic mass is 10.1. The Balaban J connectivity index is 2.38. The van der Waals surface area contributed by atoms with Gasteiger partial charge in [0, 0.05) is 16.5 Å². The van der Waals surface area contributed by atoms with Gasteiger partial charge in [0.05, 0.1) is 5.52 Å². The molecule has 0 aliphatic carbocycles. The second-order valence-electron chi connectivity index (χ2n) is 5.13. The third-order valence-corrected chi connectivity index (χ3v) is 3.41. The van der Waals surface area contributed by atoms with Gasteiger partial charge in [-0.1, -0.05) is 49.7 Å². The average Bonchev–Trinajstić information content (AvgIpc) is 2.72. The average molecular weight is 223 g/mol. The molecule has 1 aromatic heterocycles. The van der Waals surface area contributed by atoms with Crippen molar-refractivity contribution in [1.82, 2.24) is 4.98 Å². The van der Waals surface area contributed by atoms with Crippen LogP contribution in [0.3, 0.4) is 0 Å². The standard InChI is InChI=1S/C16H17N/c1-10(2)15-9-13-6-5-12-8-11(3)4-7-14(12)16(13)17-15/h4-10,17H,1-3H3.